The molecule has 0 aliphatic rings. The highest BCUT2D eigenvalue weighted by Crippen LogP contribution is 2.49. The van der Waals surface area contributed by atoms with Gasteiger partial charge in [-0.25, -0.2) is 29.9 Å². The van der Waals surface area contributed by atoms with E-state index in [0.29, 0.717) is 34.9 Å². The topological polar surface area (TPSA) is 123 Å². The van der Waals surface area contributed by atoms with Gasteiger partial charge in [-0.3, -0.25) is 0 Å². The highest BCUT2D eigenvalue weighted by Gasteiger charge is 2.27. The maximum absolute atomic E-state index is 6.73. The third-order valence-corrected chi connectivity index (χ3v) is 26.7. The number of rotatable bonds is 12. The number of hydrogen-bond acceptors (Lipinski definition) is 9. The molecule has 0 radical (unpaired) electrons. The van der Waals surface area contributed by atoms with Crippen LogP contribution in [0.5, 0.6) is 0 Å². The number of thiophene rings is 1. The molecule has 590 valence electrons. The summed E-state index contributed by atoms with van der Waals surface area (Å²) in [5, 5.41) is 16.0. The number of nitrogens with zero attached hydrogens (tertiary/aromatic N) is 10. The predicted molar refractivity (Wildman–Crippen MR) is 522 cm³/mol. The Bertz CT molecular complexity index is 9240. The Morgan fingerprint density at radius 3 is 1.19 bits per heavy atom. The van der Waals surface area contributed by atoms with Gasteiger partial charge >= 0.3 is 0 Å². The Morgan fingerprint density at radius 1 is 0.173 bits per heavy atom. The van der Waals surface area contributed by atoms with E-state index in [1.54, 1.807) is 0 Å². The molecule has 0 N–H and O–H groups in total. The molecule has 0 atom stereocenters. The number of furan rings is 2. The number of hydrogen-bond donors (Lipinski definition) is 0. The number of para-hydroxylation sites is 5. The van der Waals surface area contributed by atoms with Crippen molar-refractivity contribution >= 4 is 163 Å². The first-order chi connectivity index (χ1) is 62.9. The van der Waals surface area contributed by atoms with Crippen molar-refractivity contribution in [1.82, 2.24) is 48.2 Å². The van der Waals surface area contributed by atoms with E-state index in [-0.39, 0.29) is 0 Å². The molecule has 0 spiro atoms. The van der Waals surface area contributed by atoms with E-state index in [4.69, 9.17) is 38.7 Å². The minimum absolute atomic E-state index is 0.577. The normalized spacial score (nSPS) is 12.1. The molecule has 9 heterocycles. The Kier molecular flexibility index (Phi) is 15.4. The zero-order valence-corrected chi connectivity index (χ0v) is 68.6. The second-order valence-electron chi connectivity index (χ2n) is 32.8. The van der Waals surface area contributed by atoms with Crippen LogP contribution in [0.25, 0.3) is 265 Å². The van der Waals surface area contributed by atoms with Crippen LogP contribution in [0.15, 0.2) is 409 Å². The van der Waals surface area contributed by atoms with Crippen LogP contribution in [0, 0.1) is 0 Å². The lowest BCUT2D eigenvalue weighted by Crippen LogP contribution is -2.01. The van der Waals surface area contributed by atoms with Gasteiger partial charge < -0.3 is 27.1 Å². The van der Waals surface area contributed by atoms with Crippen LogP contribution in [-0.2, 0) is 0 Å². The Morgan fingerprint density at radius 2 is 0.575 bits per heavy atom. The molecule has 0 aliphatic carbocycles. The number of aromatic nitrogens is 10. The second kappa shape index (κ2) is 27.8. The maximum atomic E-state index is 6.73. The number of benzene rings is 18. The third-order valence-electron chi connectivity index (χ3n) is 25.6. The van der Waals surface area contributed by atoms with Gasteiger partial charge in [0.15, 0.2) is 34.9 Å². The van der Waals surface area contributed by atoms with Crippen LogP contribution in [0.3, 0.4) is 0 Å². The van der Waals surface area contributed by atoms with E-state index in [0.717, 1.165) is 183 Å². The molecule has 12 nitrogen and oxygen atoms in total. The lowest BCUT2D eigenvalue weighted by atomic mass is 9.93. The van der Waals surface area contributed by atoms with Crippen molar-refractivity contribution in [1.29, 1.82) is 0 Å². The van der Waals surface area contributed by atoms with Gasteiger partial charge in [0.1, 0.15) is 22.3 Å². The van der Waals surface area contributed by atoms with E-state index in [9.17, 15) is 0 Å². The van der Waals surface area contributed by atoms with Gasteiger partial charge in [-0.2, -0.15) is 0 Å². The first-order valence-corrected chi connectivity index (χ1v) is 43.5. The van der Waals surface area contributed by atoms with Crippen molar-refractivity contribution in [3.8, 4) is 113 Å². The molecule has 13 heteroatoms. The monoisotopic (exact) mass is 1640 g/mol. The average molecular weight is 1640 g/mol. The van der Waals surface area contributed by atoms with Crippen molar-refractivity contribution in [3.63, 3.8) is 0 Å². The Balaban J connectivity index is 0.592. The predicted octanol–water partition coefficient (Wildman–Crippen LogP) is 29.9. The first-order valence-electron chi connectivity index (χ1n) is 42.7. The SMILES string of the molecule is c1ccc(-c2cc(-c3ccc4c(c3)c3ccccc3n4-c3ccc4c(c3)sc3ccc5c(c6ccccc6n5-c5cccc(-c6nc(-c7ccccc7)nc(-c7ccc8oc9ccccc9c8c7)n6)c5)c34)c3c4ccccc4n(-c4ccc5c6cc7c(cc6n(-c6cccc(-c8nc(-c9ccccc9)nc(-c9ccccc9)n8)c6)c5c4)oc4ccccc47)c3c2)cc1. The lowest BCUT2D eigenvalue weighted by Gasteiger charge is -2.14. The Labute approximate surface area is 728 Å². The minimum atomic E-state index is 0.577. The summed E-state index contributed by atoms with van der Waals surface area (Å²) in [5.41, 5.74) is 26.0. The summed E-state index contributed by atoms with van der Waals surface area (Å²) in [6.07, 6.45) is 0. The van der Waals surface area contributed by atoms with Crippen LogP contribution in [0.1, 0.15) is 0 Å². The van der Waals surface area contributed by atoms with Gasteiger partial charge in [-0.15, -0.1) is 11.3 Å². The molecule has 127 heavy (non-hydrogen) atoms. The molecule has 0 bridgehead atoms. The summed E-state index contributed by atoms with van der Waals surface area (Å²) in [6, 6.07) is 143. The fourth-order valence-electron chi connectivity index (χ4n) is 19.9. The highest BCUT2D eigenvalue weighted by molar-refractivity contribution is 7.26. The largest absolute Gasteiger partial charge is 0.456 e. The third kappa shape index (κ3) is 11.1. The Hall–Kier alpha value is -17.0. The molecule has 0 saturated heterocycles. The summed E-state index contributed by atoms with van der Waals surface area (Å²) in [6.45, 7) is 0. The van der Waals surface area contributed by atoms with Crippen molar-refractivity contribution in [3.05, 3.63) is 400 Å². The molecular weight excluding hydrogens is 1570 g/mol. The smallest absolute Gasteiger partial charge is 0.164 e. The minimum Gasteiger partial charge on any atom is -0.456 e. The molecule has 0 unspecified atom stereocenters. The number of fused-ring (bicyclic) bond motifs is 22. The van der Waals surface area contributed by atoms with Gasteiger partial charge in [-0.05, 0) is 162 Å². The summed E-state index contributed by atoms with van der Waals surface area (Å²) < 4.78 is 25.2. The highest BCUT2D eigenvalue weighted by atomic mass is 32.1. The molecule has 0 amide bonds. The molecule has 0 saturated carbocycles. The van der Waals surface area contributed by atoms with E-state index in [2.05, 4.69) is 328 Å². The van der Waals surface area contributed by atoms with Gasteiger partial charge in [-0.1, -0.05) is 255 Å². The van der Waals surface area contributed by atoms with E-state index < -0.39 is 0 Å². The van der Waals surface area contributed by atoms with Crippen LogP contribution in [-0.4, -0.2) is 48.2 Å². The molecule has 0 aliphatic heterocycles. The maximum Gasteiger partial charge on any atom is 0.164 e. The molecule has 18 aromatic carbocycles. The fourth-order valence-corrected chi connectivity index (χ4v) is 21.1. The van der Waals surface area contributed by atoms with Gasteiger partial charge in [0.05, 0.1) is 44.1 Å². The quantitative estimate of drug-likeness (QED) is 0.118. The zero-order valence-electron chi connectivity index (χ0n) is 67.8. The van der Waals surface area contributed by atoms with Gasteiger partial charge in [0, 0.05) is 147 Å². The molecule has 27 aromatic rings. The van der Waals surface area contributed by atoms with E-state index in [1.165, 1.54) is 47.1 Å². The van der Waals surface area contributed by atoms with E-state index >= 15 is 0 Å². The van der Waals surface area contributed by atoms with Crippen LogP contribution >= 0.6 is 11.3 Å². The van der Waals surface area contributed by atoms with Crippen LogP contribution in [0.2, 0.25) is 0 Å². The van der Waals surface area contributed by atoms with Crippen LogP contribution < -0.4 is 0 Å². The standard InChI is InChI=1S/C114H66N10O2S/c1-5-25-67(26-6-1)75-61-87(106-84-40-14-19-43-93(84)123(99(106)62-75)78-49-51-81-89-65-91-83-39-17-22-46-101(83)126-103(91)66-98(89)124(97(81)63-78)77-36-24-34-73(58-77)112-116-109(68-27-7-2-8-28-68)115-110(117-112)69-29-9-3-10-30-69)71-47-53-95-88(59-71)80-37-13-18-42-92(80)121(95)79-50-52-86-105(64-79)127-104-56-54-96-107(108(86)104)85-41-15-20-44-94(85)122(96)76-35-23-33-72(57-76)113-118-111(70-31-11-4-12-32-70)119-114(120-113)74-48-55-102-90(60-74)82-38-16-21-45-100(82)125-102/h1-66H. The average Bonchev–Trinajstić information content (AvgIpc) is 1.56. The summed E-state index contributed by atoms with van der Waals surface area (Å²) in [7, 11) is 0. The summed E-state index contributed by atoms with van der Waals surface area (Å²) in [4.78, 5) is 31.2. The van der Waals surface area contributed by atoms with Crippen molar-refractivity contribution in [2.24, 2.45) is 0 Å². The summed E-state index contributed by atoms with van der Waals surface area (Å²) >= 11 is 1.85. The zero-order chi connectivity index (χ0) is 83.1. The van der Waals surface area contributed by atoms with Crippen molar-refractivity contribution in [2.45, 2.75) is 0 Å². The van der Waals surface area contributed by atoms with Crippen molar-refractivity contribution in [2.75, 3.05) is 0 Å². The van der Waals surface area contributed by atoms with Crippen molar-refractivity contribution < 1.29 is 8.83 Å². The molecule has 0 fully saturated rings. The van der Waals surface area contributed by atoms with E-state index in [1.807, 2.05) is 102 Å². The lowest BCUT2D eigenvalue weighted by molar-refractivity contribution is 0.668. The van der Waals surface area contributed by atoms with Gasteiger partial charge in [0.25, 0.3) is 0 Å². The second-order valence-corrected chi connectivity index (χ2v) is 33.9. The summed E-state index contributed by atoms with van der Waals surface area (Å²) in [5.74, 6) is 3.55. The van der Waals surface area contributed by atoms with Crippen LogP contribution in [0.4, 0.5) is 0 Å². The van der Waals surface area contributed by atoms with Gasteiger partial charge in [0.2, 0.25) is 0 Å². The molecular formula is C114H66N10O2S. The first kappa shape index (κ1) is 70.7. The molecule has 9 aromatic heterocycles. The molecule has 27 rings (SSSR count). The fraction of sp³-hybridized carbons (Fsp3) is 0.